The van der Waals surface area contributed by atoms with Gasteiger partial charge in [-0.2, -0.15) is 11.3 Å². The van der Waals surface area contributed by atoms with E-state index in [0.29, 0.717) is 18.0 Å². The summed E-state index contributed by atoms with van der Waals surface area (Å²) in [6, 6.07) is 1.91. The van der Waals surface area contributed by atoms with Crippen molar-refractivity contribution in [3.63, 3.8) is 0 Å². The molecule has 0 saturated heterocycles. The highest BCUT2D eigenvalue weighted by Gasteiger charge is 2.10. The third kappa shape index (κ3) is 2.05. The molecule has 1 unspecified atom stereocenters. The molecule has 1 atom stereocenters. The number of aliphatic hydroxyl groups excluding tert-OH is 1. The summed E-state index contributed by atoms with van der Waals surface area (Å²) in [6.45, 7) is 0.391. The lowest BCUT2D eigenvalue weighted by atomic mass is 10.2. The van der Waals surface area contributed by atoms with Crippen molar-refractivity contribution in [2.24, 2.45) is 0 Å². The molecule has 3 aromatic heterocycles. The zero-order valence-electron chi connectivity index (χ0n) is 9.37. The van der Waals surface area contributed by atoms with E-state index in [9.17, 15) is 5.11 Å². The maximum Gasteiger partial charge on any atom is 0.182 e. The molecule has 0 aromatic carbocycles. The van der Waals surface area contributed by atoms with Crippen LogP contribution in [0.2, 0.25) is 0 Å². The number of fused-ring (bicyclic) bond motifs is 1. The van der Waals surface area contributed by atoms with Crippen LogP contribution in [-0.2, 0) is 0 Å². The summed E-state index contributed by atoms with van der Waals surface area (Å²) < 4.78 is 0. The lowest BCUT2D eigenvalue weighted by Gasteiger charge is -2.10. The molecule has 6 nitrogen and oxygen atoms in total. The Balaban J connectivity index is 1.75. The minimum atomic E-state index is -0.552. The Morgan fingerprint density at radius 3 is 3.17 bits per heavy atom. The van der Waals surface area contributed by atoms with Gasteiger partial charge in [-0.1, -0.05) is 0 Å². The standard InChI is InChI=1S/C11H11N5OS/c17-8(7-1-2-18-4-7)3-12-10-9-11(14-5-13-9)16-6-15-10/h1-2,4-6,8,17H,3H2,(H2,12,13,14,15,16). The third-order valence-electron chi connectivity index (χ3n) is 2.61. The van der Waals surface area contributed by atoms with Crippen molar-refractivity contribution in [2.45, 2.75) is 6.10 Å². The number of H-pyrrole nitrogens is 1. The number of thiophene rings is 1. The highest BCUT2D eigenvalue weighted by molar-refractivity contribution is 7.07. The van der Waals surface area contributed by atoms with E-state index in [1.165, 1.54) is 6.33 Å². The molecule has 18 heavy (non-hydrogen) atoms. The molecule has 0 amide bonds. The number of nitrogens with zero attached hydrogens (tertiary/aromatic N) is 3. The molecular formula is C11H11N5OS. The van der Waals surface area contributed by atoms with Crippen LogP contribution in [0.25, 0.3) is 11.2 Å². The first kappa shape index (κ1) is 11.1. The average Bonchev–Trinajstić information content (AvgIpc) is 3.05. The predicted molar refractivity (Wildman–Crippen MR) is 69.5 cm³/mol. The Kier molecular flexibility index (Phi) is 2.91. The number of imidazole rings is 1. The molecule has 3 heterocycles. The first-order chi connectivity index (χ1) is 8.84. The summed E-state index contributed by atoms with van der Waals surface area (Å²) in [7, 11) is 0. The number of anilines is 1. The fraction of sp³-hybridized carbons (Fsp3) is 0.182. The van der Waals surface area contributed by atoms with Crippen molar-refractivity contribution in [3.8, 4) is 0 Å². The number of rotatable bonds is 4. The Labute approximate surface area is 107 Å². The summed E-state index contributed by atoms with van der Waals surface area (Å²) in [5.74, 6) is 0.645. The van der Waals surface area contributed by atoms with Crippen LogP contribution in [0.4, 0.5) is 5.82 Å². The Morgan fingerprint density at radius 2 is 2.33 bits per heavy atom. The van der Waals surface area contributed by atoms with Gasteiger partial charge in [0, 0.05) is 6.54 Å². The lowest BCUT2D eigenvalue weighted by Crippen LogP contribution is -2.12. The largest absolute Gasteiger partial charge is 0.387 e. The normalized spacial score (nSPS) is 12.7. The van der Waals surface area contributed by atoms with Gasteiger partial charge in [0.2, 0.25) is 0 Å². The zero-order chi connectivity index (χ0) is 12.4. The van der Waals surface area contributed by atoms with Gasteiger partial charge in [0.05, 0.1) is 12.4 Å². The molecule has 3 rings (SSSR count). The van der Waals surface area contributed by atoms with Gasteiger partial charge in [0.15, 0.2) is 11.5 Å². The van der Waals surface area contributed by atoms with Gasteiger partial charge < -0.3 is 15.4 Å². The Bertz CT molecular complexity index is 636. The van der Waals surface area contributed by atoms with Crippen LogP contribution in [0.15, 0.2) is 29.5 Å². The van der Waals surface area contributed by atoms with Gasteiger partial charge in [-0.25, -0.2) is 15.0 Å². The minimum absolute atomic E-state index is 0.391. The van der Waals surface area contributed by atoms with Crippen molar-refractivity contribution in [1.29, 1.82) is 0 Å². The Morgan fingerprint density at radius 1 is 1.39 bits per heavy atom. The second-order valence-electron chi connectivity index (χ2n) is 3.78. The summed E-state index contributed by atoms with van der Waals surface area (Å²) in [6.07, 6.45) is 2.46. The van der Waals surface area contributed by atoms with Crippen molar-refractivity contribution in [2.75, 3.05) is 11.9 Å². The number of nitrogens with one attached hydrogen (secondary N) is 2. The number of hydrogen-bond acceptors (Lipinski definition) is 6. The molecule has 0 saturated carbocycles. The highest BCUT2D eigenvalue weighted by Crippen LogP contribution is 2.19. The topological polar surface area (TPSA) is 86.7 Å². The number of aromatic nitrogens is 4. The summed E-state index contributed by atoms with van der Waals surface area (Å²) in [5, 5.41) is 16.9. The van der Waals surface area contributed by atoms with Crippen LogP contribution < -0.4 is 5.32 Å². The fourth-order valence-corrected chi connectivity index (χ4v) is 2.38. The van der Waals surface area contributed by atoms with Gasteiger partial charge in [-0.05, 0) is 22.4 Å². The maximum absolute atomic E-state index is 9.97. The molecule has 0 aliphatic carbocycles. The second-order valence-corrected chi connectivity index (χ2v) is 4.56. The molecule has 0 aliphatic rings. The van der Waals surface area contributed by atoms with Crippen LogP contribution in [0, 0.1) is 0 Å². The van der Waals surface area contributed by atoms with Crippen molar-refractivity contribution in [1.82, 2.24) is 19.9 Å². The van der Waals surface area contributed by atoms with E-state index in [-0.39, 0.29) is 0 Å². The quantitative estimate of drug-likeness (QED) is 0.663. The van der Waals surface area contributed by atoms with Crippen molar-refractivity contribution >= 4 is 28.3 Å². The SMILES string of the molecule is OC(CNc1ncnc2nc[nH]c12)c1ccsc1. The number of aliphatic hydroxyl groups is 1. The van der Waals surface area contributed by atoms with Gasteiger partial charge in [0.1, 0.15) is 11.8 Å². The van der Waals surface area contributed by atoms with Gasteiger partial charge in [-0.3, -0.25) is 0 Å². The number of hydrogen-bond donors (Lipinski definition) is 3. The molecule has 0 bridgehead atoms. The van der Waals surface area contributed by atoms with E-state index in [1.54, 1.807) is 17.7 Å². The predicted octanol–water partition coefficient (Wildman–Crippen LogP) is 1.56. The lowest BCUT2D eigenvalue weighted by molar-refractivity contribution is 0.192. The molecule has 0 aliphatic heterocycles. The maximum atomic E-state index is 9.97. The molecule has 0 fully saturated rings. The smallest absolute Gasteiger partial charge is 0.182 e. The molecule has 3 aromatic rings. The summed E-state index contributed by atoms with van der Waals surface area (Å²) in [5.41, 5.74) is 2.26. The van der Waals surface area contributed by atoms with E-state index in [4.69, 9.17) is 0 Å². The summed E-state index contributed by atoms with van der Waals surface area (Å²) >= 11 is 1.56. The van der Waals surface area contributed by atoms with E-state index in [2.05, 4.69) is 25.3 Å². The third-order valence-corrected chi connectivity index (χ3v) is 3.32. The van der Waals surface area contributed by atoms with Crippen LogP contribution in [0.1, 0.15) is 11.7 Å². The molecule has 92 valence electrons. The molecular weight excluding hydrogens is 250 g/mol. The number of aromatic amines is 1. The van der Waals surface area contributed by atoms with E-state index < -0.39 is 6.10 Å². The van der Waals surface area contributed by atoms with Crippen LogP contribution in [0.5, 0.6) is 0 Å². The first-order valence-electron chi connectivity index (χ1n) is 5.42. The van der Waals surface area contributed by atoms with E-state index in [0.717, 1.165) is 11.1 Å². The first-order valence-corrected chi connectivity index (χ1v) is 6.37. The van der Waals surface area contributed by atoms with Gasteiger partial charge in [-0.15, -0.1) is 0 Å². The van der Waals surface area contributed by atoms with Crippen molar-refractivity contribution < 1.29 is 5.11 Å². The van der Waals surface area contributed by atoms with E-state index >= 15 is 0 Å². The summed E-state index contributed by atoms with van der Waals surface area (Å²) in [4.78, 5) is 15.2. The molecule has 0 spiro atoms. The molecule has 7 heteroatoms. The average molecular weight is 261 g/mol. The van der Waals surface area contributed by atoms with Crippen LogP contribution in [-0.4, -0.2) is 31.6 Å². The molecule has 3 N–H and O–H groups in total. The monoisotopic (exact) mass is 261 g/mol. The zero-order valence-corrected chi connectivity index (χ0v) is 10.2. The molecule has 0 radical (unpaired) electrons. The highest BCUT2D eigenvalue weighted by atomic mass is 32.1. The second kappa shape index (κ2) is 4.71. The van der Waals surface area contributed by atoms with Gasteiger partial charge >= 0.3 is 0 Å². The minimum Gasteiger partial charge on any atom is -0.387 e. The van der Waals surface area contributed by atoms with Crippen LogP contribution >= 0.6 is 11.3 Å². The fourth-order valence-electron chi connectivity index (χ4n) is 1.67. The Hall–Kier alpha value is -1.99. The van der Waals surface area contributed by atoms with Crippen LogP contribution in [0.3, 0.4) is 0 Å². The van der Waals surface area contributed by atoms with E-state index in [1.807, 2.05) is 16.8 Å². The van der Waals surface area contributed by atoms with Gasteiger partial charge in [0.25, 0.3) is 0 Å². The van der Waals surface area contributed by atoms with Crippen molar-refractivity contribution in [3.05, 3.63) is 35.0 Å².